The molecule has 0 radical (unpaired) electrons. The second kappa shape index (κ2) is 7.38. The first kappa shape index (κ1) is 16.5. The molecule has 2 rings (SSSR count). The third-order valence-electron chi connectivity index (χ3n) is 3.09. The van der Waals surface area contributed by atoms with Crippen LogP contribution >= 0.6 is 31.9 Å². The van der Waals surface area contributed by atoms with Crippen LogP contribution in [0.5, 0.6) is 5.75 Å². The van der Waals surface area contributed by atoms with Gasteiger partial charge in [-0.3, -0.25) is 0 Å². The van der Waals surface area contributed by atoms with Gasteiger partial charge in [0.05, 0.1) is 21.6 Å². The Labute approximate surface area is 140 Å². The summed E-state index contributed by atoms with van der Waals surface area (Å²) in [7, 11) is 0. The Balaban J connectivity index is 2.29. The monoisotopic (exact) mass is 415 g/mol. The number of hydrogen-bond acceptors (Lipinski definition) is 2. The number of rotatable bonds is 5. The number of nitrogens with two attached hydrogens (primary N) is 1. The van der Waals surface area contributed by atoms with Crippen LogP contribution in [0.15, 0.2) is 45.3 Å². The standard InChI is InChI=1S/C16H16Br2FNO/c1-2-8-21-14-7-6-10(9-12(14)17)16(20)11-4-3-5-13(19)15(11)18/h3-7,9,16H,2,8,20H2,1H3. The van der Waals surface area contributed by atoms with Crippen molar-refractivity contribution in [3.63, 3.8) is 0 Å². The van der Waals surface area contributed by atoms with E-state index in [0.29, 0.717) is 16.6 Å². The van der Waals surface area contributed by atoms with E-state index in [4.69, 9.17) is 10.5 Å². The average Bonchev–Trinajstić information content (AvgIpc) is 2.48. The second-order valence-corrected chi connectivity index (χ2v) is 6.31. The molecule has 0 saturated heterocycles. The lowest BCUT2D eigenvalue weighted by Crippen LogP contribution is -2.13. The second-order valence-electron chi connectivity index (χ2n) is 4.66. The van der Waals surface area contributed by atoms with Gasteiger partial charge in [0.2, 0.25) is 0 Å². The van der Waals surface area contributed by atoms with Gasteiger partial charge in [0.25, 0.3) is 0 Å². The van der Waals surface area contributed by atoms with E-state index >= 15 is 0 Å². The molecule has 2 aromatic carbocycles. The van der Waals surface area contributed by atoms with E-state index in [-0.39, 0.29) is 5.82 Å². The molecule has 2 aromatic rings. The van der Waals surface area contributed by atoms with Crippen LogP contribution in [-0.2, 0) is 0 Å². The first-order chi connectivity index (χ1) is 10.0. The lowest BCUT2D eigenvalue weighted by atomic mass is 9.99. The zero-order valence-electron chi connectivity index (χ0n) is 11.6. The third kappa shape index (κ3) is 3.84. The average molecular weight is 417 g/mol. The minimum absolute atomic E-state index is 0.315. The molecule has 0 aliphatic carbocycles. The molecular formula is C16H16Br2FNO. The van der Waals surface area contributed by atoms with Crippen molar-refractivity contribution in [3.05, 3.63) is 62.3 Å². The summed E-state index contributed by atoms with van der Waals surface area (Å²) in [6, 6.07) is 10.1. The summed E-state index contributed by atoms with van der Waals surface area (Å²) in [5.41, 5.74) is 7.85. The highest BCUT2D eigenvalue weighted by molar-refractivity contribution is 9.10. The highest BCUT2D eigenvalue weighted by Gasteiger charge is 2.16. The first-order valence-electron chi connectivity index (χ1n) is 6.66. The van der Waals surface area contributed by atoms with Crippen LogP contribution in [0.4, 0.5) is 4.39 Å². The maximum Gasteiger partial charge on any atom is 0.137 e. The molecule has 0 bridgehead atoms. The van der Waals surface area contributed by atoms with E-state index in [1.165, 1.54) is 6.07 Å². The fourth-order valence-corrected chi connectivity index (χ4v) is 3.00. The summed E-state index contributed by atoms with van der Waals surface area (Å²) >= 11 is 6.74. The SMILES string of the molecule is CCCOc1ccc(C(N)c2cccc(F)c2Br)cc1Br. The summed E-state index contributed by atoms with van der Waals surface area (Å²) in [6.07, 6.45) is 0.948. The molecule has 0 amide bonds. The van der Waals surface area contributed by atoms with E-state index in [1.807, 2.05) is 24.3 Å². The van der Waals surface area contributed by atoms with Crippen molar-refractivity contribution in [1.82, 2.24) is 0 Å². The molecule has 2 nitrogen and oxygen atoms in total. The Hall–Kier alpha value is -0.910. The fraction of sp³-hybridized carbons (Fsp3) is 0.250. The summed E-state index contributed by atoms with van der Waals surface area (Å²) in [6.45, 7) is 2.72. The minimum atomic E-state index is -0.411. The fourth-order valence-electron chi connectivity index (χ4n) is 1.98. The molecule has 0 aliphatic rings. The molecule has 112 valence electrons. The van der Waals surface area contributed by atoms with Gasteiger partial charge in [-0.15, -0.1) is 0 Å². The van der Waals surface area contributed by atoms with Crippen molar-refractivity contribution in [2.45, 2.75) is 19.4 Å². The molecule has 0 heterocycles. The Bertz CT molecular complexity index is 634. The molecule has 0 spiro atoms. The van der Waals surface area contributed by atoms with Gasteiger partial charge in [-0.2, -0.15) is 0 Å². The zero-order valence-corrected chi connectivity index (χ0v) is 14.7. The van der Waals surface area contributed by atoms with Crippen LogP contribution in [0.1, 0.15) is 30.5 Å². The smallest absolute Gasteiger partial charge is 0.137 e. The van der Waals surface area contributed by atoms with E-state index in [2.05, 4.69) is 38.8 Å². The Kier molecular flexibility index (Phi) is 5.79. The summed E-state index contributed by atoms with van der Waals surface area (Å²) in [5.74, 6) is 0.469. The predicted molar refractivity (Wildman–Crippen MR) is 90.1 cm³/mol. The molecular weight excluding hydrogens is 401 g/mol. The van der Waals surface area contributed by atoms with Gasteiger partial charge in [-0.1, -0.05) is 25.1 Å². The van der Waals surface area contributed by atoms with Gasteiger partial charge in [0.15, 0.2) is 0 Å². The number of hydrogen-bond donors (Lipinski definition) is 1. The van der Waals surface area contributed by atoms with Crippen molar-refractivity contribution in [2.24, 2.45) is 5.73 Å². The van der Waals surface area contributed by atoms with E-state index in [9.17, 15) is 4.39 Å². The highest BCUT2D eigenvalue weighted by Crippen LogP contribution is 2.33. The molecule has 0 fully saturated rings. The Morgan fingerprint density at radius 2 is 2.00 bits per heavy atom. The molecule has 2 N–H and O–H groups in total. The van der Waals surface area contributed by atoms with Crippen molar-refractivity contribution < 1.29 is 9.13 Å². The maximum atomic E-state index is 13.6. The summed E-state index contributed by atoms with van der Waals surface area (Å²) in [4.78, 5) is 0. The van der Waals surface area contributed by atoms with Crippen molar-refractivity contribution in [1.29, 1.82) is 0 Å². The largest absolute Gasteiger partial charge is 0.492 e. The predicted octanol–water partition coefficient (Wildman–Crippen LogP) is 5.19. The molecule has 0 aliphatic heterocycles. The van der Waals surface area contributed by atoms with E-state index in [0.717, 1.165) is 22.2 Å². The van der Waals surface area contributed by atoms with Gasteiger partial charge >= 0.3 is 0 Å². The van der Waals surface area contributed by atoms with Crippen molar-refractivity contribution >= 4 is 31.9 Å². The van der Waals surface area contributed by atoms with Crippen LogP contribution in [-0.4, -0.2) is 6.61 Å². The summed E-state index contributed by atoms with van der Waals surface area (Å²) in [5, 5.41) is 0. The van der Waals surface area contributed by atoms with Gasteiger partial charge in [-0.25, -0.2) is 4.39 Å². The number of halogens is 3. The van der Waals surface area contributed by atoms with Crippen LogP contribution in [0.25, 0.3) is 0 Å². The maximum absolute atomic E-state index is 13.6. The Morgan fingerprint density at radius 1 is 1.24 bits per heavy atom. The highest BCUT2D eigenvalue weighted by atomic mass is 79.9. The molecule has 5 heteroatoms. The lowest BCUT2D eigenvalue weighted by molar-refractivity contribution is 0.315. The molecule has 0 saturated carbocycles. The minimum Gasteiger partial charge on any atom is -0.492 e. The number of ether oxygens (including phenoxy) is 1. The quantitative estimate of drug-likeness (QED) is 0.727. The van der Waals surface area contributed by atoms with Crippen LogP contribution < -0.4 is 10.5 Å². The van der Waals surface area contributed by atoms with Crippen LogP contribution in [0.2, 0.25) is 0 Å². The first-order valence-corrected chi connectivity index (χ1v) is 8.25. The topological polar surface area (TPSA) is 35.2 Å². The molecule has 1 unspecified atom stereocenters. The Morgan fingerprint density at radius 3 is 2.67 bits per heavy atom. The van der Waals surface area contributed by atoms with Crippen molar-refractivity contribution in [2.75, 3.05) is 6.61 Å². The zero-order chi connectivity index (χ0) is 15.4. The van der Waals surface area contributed by atoms with E-state index < -0.39 is 6.04 Å². The number of benzene rings is 2. The van der Waals surface area contributed by atoms with Crippen LogP contribution in [0.3, 0.4) is 0 Å². The molecule has 21 heavy (non-hydrogen) atoms. The van der Waals surface area contributed by atoms with Gasteiger partial charge in [0.1, 0.15) is 11.6 Å². The van der Waals surface area contributed by atoms with E-state index in [1.54, 1.807) is 6.07 Å². The van der Waals surface area contributed by atoms with Crippen molar-refractivity contribution in [3.8, 4) is 5.75 Å². The van der Waals surface area contributed by atoms with Gasteiger partial charge in [0, 0.05) is 0 Å². The lowest BCUT2D eigenvalue weighted by Gasteiger charge is -2.16. The molecule has 1 atom stereocenters. The normalized spacial score (nSPS) is 12.2. The third-order valence-corrected chi connectivity index (χ3v) is 4.55. The van der Waals surface area contributed by atoms with Crippen LogP contribution in [0, 0.1) is 5.82 Å². The summed E-state index contributed by atoms with van der Waals surface area (Å²) < 4.78 is 20.5. The molecule has 0 aromatic heterocycles. The van der Waals surface area contributed by atoms with Gasteiger partial charge in [-0.05, 0) is 67.6 Å². The van der Waals surface area contributed by atoms with Gasteiger partial charge < -0.3 is 10.5 Å².